The molecule has 140 valence electrons. The largest absolute Gasteiger partial charge is 0.378 e. The zero-order chi connectivity index (χ0) is 18.7. The molecule has 0 unspecified atom stereocenters. The number of urea groups is 1. The first-order chi connectivity index (χ1) is 12.4. The zero-order valence-corrected chi connectivity index (χ0v) is 15.1. The standard InChI is InChI=1S/C18H24N4O4/c1-18(2)16(24)22(17(25)20-18)8-7-15(23)19-13-5-3-4-6-14(13)21-9-11-26-12-10-21/h3-6H,7-12H2,1-2H3,(H,19,23)(H,20,25). The number of para-hydroxylation sites is 2. The van der Waals surface area contributed by atoms with Crippen molar-refractivity contribution < 1.29 is 19.1 Å². The van der Waals surface area contributed by atoms with Gasteiger partial charge in [-0.15, -0.1) is 0 Å². The van der Waals surface area contributed by atoms with Crippen molar-refractivity contribution in [1.82, 2.24) is 10.2 Å². The van der Waals surface area contributed by atoms with Crippen LogP contribution in [0.5, 0.6) is 0 Å². The molecule has 0 aliphatic carbocycles. The van der Waals surface area contributed by atoms with Crippen LogP contribution < -0.4 is 15.5 Å². The van der Waals surface area contributed by atoms with Crippen LogP contribution >= 0.6 is 0 Å². The van der Waals surface area contributed by atoms with Crippen LogP contribution in [-0.2, 0) is 14.3 Å². The molecule has 0 radical (unpaired) electrons. The minimum atomic E-state index is -0.920. The van der Waals surface area contributed by atoms with Crippen LogP contribution in [-0.4, -0.2) is 61.1 Å². The van der Waals surface area contributed by atoms with E-state index in [4.69, 9.17) is 4.74 Å². The van der Waals surface area contributed by atoms with Crippen LogP contribution in [0.4, 0.5) is 16.2 Å². The van der Waals surface area contributed by atoms with Gasteiger partial charge in [-0.1, -0.05) is 12.1 Å². The van der Waals surface area contributed by atoms with E-state index in [1.54, 1.807) is 13.8 Å². The topological polar surface area (TPSA) is 91.0 Å². The van der Waals surface area contributed by atoms with Crippen LogP contribution in [0.25, 0.3) is 0 Å². The Hall–Kier alpha value is -2.61. The number of morpholine rings is 1. The van der Waals surface area contributed by atoms with Crippen LogP contribution in [0.15, 0.2) is 24.3 Å². The Morgan fingerprint density at radius 3 is 2.58 bits per heavy atom. The molecule has 26 heavy (non-hydrogen) atoms. The number of anilines is 2. The van der Waals surface area contributed by atoms with Gasteiger partial charge in [-0.25, -0.2) is 4.79 Å². The number of hydrogen-bond acceptors (Lipinski definition) is 5. The summed E-state index contributed by atoms with van der Waals surface area (Å²) in [6, 6.07) is 7.14. The van der Waals surface area contributed by atoms with Gasteiger partial charge in [-0.2, -0.15) is 0 Å². The van der Waals surface area contributed by atoms with Crippen molar-refractivity contribution in [2.75, 3.05) is 43.1 Å². The Morgan fingerprint density at radius 2 is 1.92 bits per heavy atom. The van der Waals surface area contributed by atoms with E-state index in [0.29, 0.717) is 13.2 Å². The van der Waals surface area contributed by atoms with Gasteiger partial charge in [0, 0.05) is 26.1 Å². The lowest BCUT2D eigenvalue weighted by Gasteiger charge is -2.30. The number of benzene rings is 1. The average Bonchev–Trinajstić information content (AvgIpc) is 2.82. The van der Waals surface area contributed by atoms with Crippen molar-refractivity contribution >= 4 is 29.2 Å². The van der Waals surface area contributed by atoms with E-state index in [-0.39, 0.29) is 24.8 Å². The minimum Gasteiger partial charge on any atom is -0.378 e. The quantitative estimate of drug-likeness (QED) is 0.770. The zero-order valence-electron chi connectivity index (χ0n) is 15.1. The predicted octanol–water partition coefficient (Wildman–Crippen LogP) is 1.18. The molecule has 0 bridgehead atoms. The first-order valence-electron chi connectivity index (χ1n) is 8.74. The lowest BCUT2D eigenvalue weighted by Crippen LogP contribution is -2.40. The molecule has 8 heteroatoms. The Balaban J connectivity index is 1.61. The first-order valence-corrected chi connectivity index (χ1v) is 8.74. The van der Waals surface area contributed by atoms with Crippen molar-refractivity contribution in [3.63, 3.8) is 0 Å². The van der Waals surface area contributed by atoms with Crippen LogP contribution in [0.3, 0.4) is 0 Å². The third-order valence-corrected chi connectivity index (χ3v) is 4.54. The van der Waals surface area contributed by atoms with Gasteiger partial charge in [-0.05, 0) is 26.0 Å². The molecule has 4 amide bonds. The number of ether oxygens (including phenoxy) is 1. The van der Waals surface area contributed by atoms with Crippen LogP contribution in [0.2, 0.25) is 0 Å². The molecule has 2 saturated heterocycles. The van der Waals surface area contributed by atoms with Gasteiger partial charge in [0.2, 0.25) is 5.91 Å². The highest BCUT2D eigenvalue weighted by atomic mass is 16.5. The molecular weight excluding hydrogens is 336 g/mol. The fourth-order valence-corrected chi connectivity index (χ4v) is 3.11. The second-order valence-electron chi connectivity index (χ2n) is 6.93. The minimum absolute atomic E-state index is 0.0483. The Morgan fingerprint density at radius 1 is 1.23 bits per heavy atom. The number of imide groups is 1. The fourth-order valence-electron chi connectivity index (χ4n) is 3.11. The third-order valence-electron chi connectivity index (χ3n) is 4.54. The van der Waals surface area contributed by atoms with E-state index >= 15 is 0 Å². The summed E-state index contributed by atoms with van der Waals surface area (Å²) >= 11 is 0. The van der Waals surface area contributed by atoms with Crippen molar-refractivity contribution in [3.8, 4) is 0 Å². The maximum absolute atomic E-state index is 12.4. The first kappa shape index (κ1) is 18.2. The summed E-state index contributed by atoms with van der Waals surface area (Å²) in [6.45, 7) is 6.20. The van der Waals surface area contributed by atoms with Crippen LogP contribution in [0.1, 0.15) is 20.3 Å². The molecule has 2 fully saturated rings. The lowest BCUT2D eigenvalue weighted by atomic mass is 10.1. The summed E-state index contributed by atoms with van der Waals surface area (Å²) in [5.41, 5.74) is 0.744. The van der Waals surface area contributed by atoms with Crippen molar-refractivity contribution in [1.29, 1.82) is 0 Å². The Bertz CT molecular complexity index is 713. The second-order valence-corrected chi connectivity index (χ2v) is 6.93. The van der Waals surface area contributed by atoms with Gasteiger partial charge in [0.05, 0.1) is 24.6 Å². The molecule has 1 aromatic carbocycles. The number of carbonyl (C=O) groups is 3. The van der Waals surface area contributed by atoms with Gasteiger partial charge < -0.3 is 20.3 Å². The highest BCUT2D eigenvalue weighted by Crippen LogP contribution is 2.26. The van der Waals surface area contributed by atoms with Crippen molar-refractivity contribution in [2.24, 2.45) is 0 Å². The van der Waals surface area contributed by atoms with Gasteiger partial charge in [0.15, 0.2) is 0 Å². The molecular formula is C18H24N4O4. The number of hydrogen-bond donors (Lipinski definition) is 2. The maximum Gasteiger partial charge on any atom is 0.325 e. The maximum atomic E-state index is 12.4. The van der Waals surface area contributed by atoms with Gasteiger partial charge in [-0.3, -0.25) is 14.5 Å². The predicted molar refractivity (Wildman–Crippen MR) is 97.0 cm³/mol. The molecule has 0 aromatic heterocycles. The average molecular weight is 360 g/mol. The Kier molecular flexibility index (Phi) is 5.13. The van der Waals surface area contributed by atoms with E-state index < -0.39 is 11.6 Å². The van der Waals surface area contributed by atoms with E-state index in [9.17, 15) is 14.4 Å². The second kappa shape index (κ2) is 7.33. The molecule has 0 spiro atoms. The monoisotopic (exact) mass is 360 g/mol. The molecule has 1 aromatic rings. The number of amides is 4. The molecule has 3 rings (SSSR count). The van der Waals surface area contributed by atoms with E-state index in [1.165, 1.54) is 0 Å². The fraction of sp³-hybridized carbons (Fsp3) is 0.500. The number of carbonyl (C=O) groups excluding carboxylic acids is 3. The number of nitrogens with one attached hydrogen (secondary N) is 2. The van der Waals surface area contributed by atoms with Crippen LogP contribution in [0, 0.1) is 0 Å². The highest BCUT2D eigenvalue weighted by Gasteiger charge is 2.44. The van der Waals surface area contributed by atoms with Crippen molar-refractivity contribution in [3.05, 3.63) is 24.3 Å². The molecule has 2 aliphatic rings. The SMILES string of the molecule is CC1(C)NC(=O)N(CCC(=O)Nc2ccccc2N2CCOCC2)C1=O. The summed E-state index contributed by atoms with van der Waals surface area (Å²) < 4.78 is 5.37. The molecule has 2 N–H and O–H groups in total. The summed E-state index contributed by atoms with van der Waals surface area (Å²) in [4.78, 5) is 39.6. The van der Waals surface area contributed by atoms with E-state index in [1.807, 2.05) is 24.3 Å². The van der Waals surface area contributed by atoms with Gasteiger partial charge in [0.25, 0.3) is 5.91 Å². The Labute approximate surface area is 152 Å². The highest BCUT2D eigenvalue weighted by molar-refractivity contribution is 6.07. The summed E-state index contributed by atoms with van der Waals surface area (Å²) in [7, 11) is 0. The third kappa shape index (κ3) is 3.80. The molecule has 2 aliphatic heterocycles. The molecule has 0 saturated carbocycles. The van der Waals surface area contributed by atoms with Crippen molar-refractivity contribution in [2.45, 2.75) is 25.8 Å². The van der Waals surface area contributed by atoms with E-state index in [0.717, 1.165) is 29.4 Å². The normalized spacial score (nSPS) is 19.5. The number of rotatable bonds is 5. The number of nitrogens with zero attached hydrogens (tertiary/aromatic N) is 2. The molecule has 0 atom stereocenters. The summed E-state index contributed by atoms with van der Waals surface area (Å²) in [5, 5.41) is 5.50. The molecule has 2 heterocycles. The van der Waals surface area contributed by atoms with Gasteiger partial charge >= 0.3 is 6.03 Å². The van der Waals surface area contributed by atoms with Gasteiger partial charge in [0.1, 0.15) is 5.54 Å². The smallest absolute Gasteiger partial charge is 0.325 e. The summed E-state index contributed by atoms with van der Waals surface area (Å²) in [6.07, 6.45) is 0.0483. The molecule has 8 nitrogen and oxygen atoms in total. The lowest BCUT2D eigenvalue weighted by molar-refractivity contribution is -0.130. The summed E-state index contributed by atoms with van der Waals surface area (Å²) in [5.74, 6) is -0.556. The van der Waals surface area contributed by atoms with E-state index in [2.05, 4.69) is 15.5 Å².